The Bertz CT molecular complexity index is 314. The molecule has 1 aromatic rings. The zero-order valence-electron chi connectivity index (χ0n) is 7.93. The Hall–Kier alpha value is -1.91. The Morgan fingerprint density at radius 1 is 1.36 bits per heavy atom. The molecule has 0 aliphatic rings. The number of hydrogen-bond donors (Lipinski definition) is 1. The van der Waals surface area contributed by atoms with Gasteiger partial charge in [0.15, 0.2) is 0 Å². The number of carboxylic acid groups (broad SMARTS) is 1. The normalized spacial score (nSPS) is 8.43. The van der Waals surface area contributed by atoms with E-state index in [1.807, 2.05) is 6.92 Å². The second-order valence-electron chi connectivity index (χ2n) is 2.61. The minimum atomic E-state index is -0.833. The van der Waals surface area contributed by atoms with Crippen molar-refractivity contribution in [3.63, 3.8) is 0 Å². The lowest BCUT2D eigenvalue weighted by atomic mass is 10.2. The summed E-state index contributed by atoms with van der Waals surface area (Å²) in [7, 11) is 0. The van der Waals surface area contributed by atoms with E-state index in [0.717, 1.165) is 12.5 Å². The number of carboxylic acids is 1. The summed E-state index contributed by atoms with van der Waals surface area (Å²) >= 11 is 0. The molecule has 0 fully saturated rings. The summed E-state index contributed by atoms with van der Waals surface area (Å²) in [6.07, 6.45) is 0. The molecule has 5 nitrogen and oxygen atoms in total. The Morgan fingerprint density at radius 2 is 1.71 bits per heavy atom. The van der Waals surface area contributed by atoms with E-state index >= 15 is 0 Å². The third kappa shape index (κ3) is 5.70. The minimum absolute atomic E-state index is 0.144. The molecule has 76 valence electrons. The van der Waals surface area contributed by atoms with E-state index in [9.17, 15) is 10.1 Å². The highest BCUT2D eigenvalue weighted by Crippen LogP contribution is 2.10. The van der Waals surface area contributed by atoms with E-state index in [4.69, 9.17) is 9.90 Å². The number of benzene rings is 1. The van der Waals surface area contributed by atoms with Crippen molar-refractivity contribution >= 4 is 11.7 Å². The molecular weight excluding hydrogens is 186 g/mol. The summed E-state index contributed by atoms with van der Waals surface area (Å²) < 4.78 is 0. The lowest BCUT2D eigenvalue weighted by Gasteiger charge is -1.90. The van der Waals surface area contributed by atoms with Crippen LogP contribution in [0.25, 0.3) is 0 Å². The first-order valence-corrected chi connectivity index (χ1v) is 3.84. The number of aliphatic carboxylic acids is 1. The Morgan fingerprint density at radius 3 is 2.00 bits per heavy atom. The second-order valence-corrected chi connectivity index (χ2v) is 2.61. The lowest BCUT2D eigenvalue weighted by Crippen LogP contribution is -1.86. The second kappa shape index (κ2) is 5.69. The molecule has 0 saturated carbocycles. The average molecular weight is 197 g/mol. The van der Waals surface area contributed by atoms with Crippen LogP contribution in [0.1, 0.15) is 12.5 Å². The Balaban J connectivity index is 0.000000364. The topological polar surface area (TPSA) is 80.4 Å². The quantitative estimate of drug-likeness (QED) is 0.551. The number of nitro groups is 1. The van der Waals surface area contributed by atoms with Gasteiger partial charge in [0.2, 0.25) is 0 Å². The molecule has 0 atom stereocenters. The summed E-state index contributed by atoms with van der Waals surface area (Å²) in [5.41, 5.74) is 1.18. The predicted molar refractivity (Wildman–Crippen MR) is 51.1 cm³/mol. The van der Waals surface area contributed by atoms with Gasteiger partial charge in [-0.15, -0.1) is 0 Å². The van der Waals surface area contributed by atoms with Crippen molar-refractivity contribution in [1.82, 2.24) is 0 Å². The van der Waals surface area contributed by atoms with Crippen LogP contribution in [-0.4, -0.2) is 16.0 Å². The summed E-state index contributed by atoms with van der Waals surface area (Å²) in [5.74, 6) is -0.833. The zero-order valence-corrected chi connectivity index (χ0v) is 7.93. The maximum absolute atomic E-state index is 10.1. The first-order valence-electron chi connectivity index (χ1n) is 3.84. The van der Waals surface area contributed by atoms with Crippen LogP contribution in [0.5, 0.6) is 0 Å². The van der Waals surface area contributed by atoms with Gasteiger partial charge in [-0.1, -0.05) is 17.7 Å². The fourth-order valence-corrected chi connectivity index (χ4v) is 0.666. The van der Waals surface area contributed by atoms with Crippen molar-refractivity contribution in [3.8, 4) is 0 Å². The predicted octanol–water partition coefficient (Wildman–Crippen LogP) is 1.99. The molecule has 0 aliphatic carbocycles. The van der Waals surface area contributed by atoms with Crippen LogP contribution in [0, 0.1) is 17.0 Å². The summed E-state index contributed by atoms with van der Waals surface area (Å²) in [5, 5.41) is 17.5. The van der Waals surface area contributed by atoms with Gasteiger partial charge < -0.3 is 5.11 Å². The number of rotatable bonds is 1. The SMILES string of the molecule is CC(=O)O.Cc1ccc([N+](=O)[O-])cc1. The van der Waals surface area contributed by atoms with Crippen LogP contribution in [0.15, 0.2) is 24.3 Å². The molecule has 0 saturated heterocycles. The fourth-order valence-electron chi connectivity index (χ4n) is 0.666. The maximum Gasteiger partial charge on any atom is 0.300 e. The van der Waals surface area contributed by atoms with Gasteiger partial charge in [0.05, 0.1) is 4.92 Å². The van der Waals surface area contributed by atoms with Crippen LogP contribution in [0.3, 0.4) is 0 Å². The molecule has 1 rings (SSSR count). The van der Waals surface area contributed by atoms with E-state index in [-0.39, 0.29) is 5.69 Å². The summed E-state index contributed by atoms with van der Waals surface area (Å²) in [6.45, 7) is 2.98. The van der Waals surface area contributed by atoms with Crippen LogP contribution >= 0.6 is 0 Å². The average Bonchev–Trinajstić information content (AvgIpc) is 2.03. The van der Waals surface area contributed by atoms with Crippen LogP contribution < -0.4 is 0 Å². The van der Waals surface area contributed by atoms with Gasteiger partial charge in [0, 0.05) is 19.1 Å². The van der Waals surface area contributed by atoms with Gasteiger partial charge in [-0.05, 0) is 6.92 Å². The number of hydrogen-bond acceptors (Lipinski definition) is 3. The van der Waals surface area contributed by atoms with Gasteiger partial charge in [0.25, 0.3) is 11.7 Å². The molecule has 1 N–H and O–H groups in total. The molecule has 0 aromatic heterocycles. The van der Waals surface area contributed by atoms with Crippen LogP contribution in [-0.2, 0) is 4.79 Å². The number of aryl methyl sites for hydroxylation is 1. The monoisotopic (exact) mass is 197 g/mol. The molecule has 0 bridgehead atoms. The fraction of sp³-hybridized carbons (Fsp3) is 0.222. The number of non-ortho nitro benzene ring substituents is 1. The summed E-state index contributed by atoms with van der Waals surface area (Å²) in [4.78, 5) is 18.7. The highest BCUT2D eigenvalue weighted by atomic mass is 16.6. The van der Waals surface area contributed by atoms with Crippen molar-refractivity contribution in [2.45, 2.75) is 13.8 Å². The number of nitrogens with zero attached hydrogens (tertiary/aromatic N) is 1. The lowest BCUT2D eigenvalue weighted by molar-refractivity contribution is -0.384. The molecule has 0 amide bonds. The van der Waals surface area contributed by atoms with Crippen molar-refractivity contribution in [1.29, 1.82) is 0 Å². The zero-order chi connectivity index (χ0) is 11.1. The molecule has 5 heteroatoms. The first kappa shape index (κ1) is 12.1. The third-order valence-corrected chi connectivity index (χ3v) is 1.24. The van der Waals surface area contributed by atoms with Crippen molar-refractivity contribution < 1.29 is 14.8 Å². The third-order valence-electron chi connectivity index (χ3n) is 1.24. The standard InChI is InChI=1S/C7H7NO2.C2H4O2/c1-6-2-4-7(5-3-6)8(9)10;1-2(3)4/h2-5H,1H3;1H3,(H,3,4). The molecule has 1 aromatic carbocycles. The van der Waals surface area contributed by atoms with E-state index in [0.29, 0.717) is 0 Å². The van der Waals surface area contributed by atoms with Crippen molar-refractivity contribution in [2.75, 3.05) is 0 Å². The summed E-state index contributed by atoms with van der Waals surface area (Å²) in [6, 6.07) is 6.43. The highest BCUT2D eigenvalue weighted by Gasteiger charge is 2.00. The molecule has 0 radical (unpaired) electrons. The molecular formula is C9H11NO4. The van der Waals surface area contributed by atoms with Gasteiger partial charge >= 0.3 is 0 Å². The van der Waals surface area contributed by atoms with Gasteiger partial charge in [-0.25, -0.2) is 0 Å². The molecule has 14 heavy (non-hydrogen) atoms. The van der Waals surface area contributed by atoms with E-state index in [2.05, 4.69) is 0 Å². The Kier molecular flexibility index (Phi) is 4.91. The van der Waals surface area contributed by atoms with Crippen LogP contribution in [0.2, 0.25) is 0 Å². The first-order chi connectivity index (χ1) is 6.43. The van der Waals surface area contributed by atoms with Crippen molar-refractivity contribution in [2.24, 2.45) is 0 Å². The van der Waals surface area contributed by atoms with Crippen molar-refractivity contribution in [3.05, 3.63) is 39.9 Å². The molecule has 0 heterocycles. The van der Waals surface area contributed by atoms with E-state index < -0.39 is 10.9 Å². The van der Waals surface area contributed by atoms with Gasteiger partial charge in [0.1, 0.15) is 0 Å². The largest absolute Gasteiger partial charge is 0.481 e. The molecule has 0 spiro atoms. The van der Waals surface area contributed by atoms with E-state index in [1.165, 1.54) is 12.1 Å². The van der Waals surface area contributed by atoms with Gasteiger partial charge in [-0.2, -0.15) is 0 Å². The van der Waals surface area contributed by atoms with Crippen LogP contribution in [0.4, 0.5) is 5.69 Å². The molecule has 0 unspecified atom stereocenters. The smallest absolute Gasteiger partial charge is 0.300 e. The minimum Gasteiger partial charge on any atom is -0.481 e. The van der Waals surface area contributed by atoms with Gasteiger partial charge in [-0.3, -0.25) is 14.9 Å². The molecule has 0 aliphatic heterocycles. The maximum atomic E-state index is 10.1. The number of nitro benzene ring substituents is 1. The Labute approximate surface area is 81.1 Å². The number of carbonyl (C=O) groups is 1. The highest BCUT2D eigenvalue weighted by molar-refractivity contribution is 5.62. The van der Waals surface area contributed by atoms with E-state index in [1.54, 1.807) is 12.1 Å².